The highest BCUT2D eigenvalue weighted by Gasteiger charge is 2.32. The van der Waals surface area contributed by atoms with Gasteiger partial charge in [-0.25, -0.2) is 9.69 Å². The van der Waals surface area contributed by atoms with Crippen molar-refractivity contribution in [3.05, 3.63) is 65.7 Å². The Balaban J connectivity index is 1.61. The average Bonchev–Trinajstić information content (AvgIpc) is 3.05. The van der Waals surface area contributed by atoms with Crippen molar-refractivity contribution in [3.63, 3.8) is 0 Å². The Morgan fingerprint density at radius 3 is 2.54 bits per heavy atom. The molecule has 0 saturated carbocycles. The SMILES string of the molecule is CCN(C(=O)OCc1ccccc1)C(=O)[C@@H]1Cc2ccccc2N1. The maximum absolute atomic E-state index is 12.7. The third-order valence-electron chi connectivity index (χ3n) is 4.08. The summed E-state index contributed by atoms with van der Waals surface area (Å²) in [7, 11) is 0. The molecule has 0 aliphatic carbocycles. The van der Waals surface area contributed by atoms with Crippen molar-refractivity contribution >= 4 is 17.7 Å². The summed E-state index contributed by atoms with van der Waals surface area (Å²) in [6.07, 6.45) is -0.0265. The molecule has 1 aliphatic heterocycles. The van der Waals surface area contributed by atoms with Crippen LogP contribution >= 0.6 is 0 Å². The summed E-state index contributed by atoms with van der Waals surface area (Å²) in [4.78, 5) is 26.1. The first-order chi connectivity index (χ1) is 11.7. The van der Waals surface area contributed by atoms with Gasteiger partial charge in [0.15, 0.2) is 0 Å². The van der Waals surface area contributed by atoms with Crippen LogP contribution in [-0.4, -0.2) is 29.5 Å². The molecule has 0 unspecified atom stereocenters. The first kappa shape index (κ1) is 16.1. The summed E-state index contributed by atoms with van der Waals surface area (Å²) in [6.45, 7) is 2.20. The topological polar surface area (TPSA) is 58.6 Å². The smallest absolute Gasteiger partial charge is 0.416 e. The lowest BCUT2D eigenvalue weighted by atomic mass is 10.1. The zero-order valence-electron chi connectivity index (χ0n) is 13.6. The quantitative estimate of drug-likeness (QED) is 0.938. The number of nitrogens with zero attached hydrogens (tertiary/aromatic N) is 1. The Bertz CT molecular complexity index is 705. The lowest BCUT2D eigenvalue weighted by Gasteiger charge is -2.22. The van der Waals surface area contributed by atoms with Gasteiger partial charge in [-0.2, -0.15) is 0 Å². The number of para-hydroxylation sites is 1. The minimum Gasteiger partial charge on any atom is -0.444 e. The lowest BCUT2D eigenvalue weighted by molar-refractivity contribution is -0.130. The molecule has 1 heterocycles. The molecular formula is C19H20N2O3. The summed E-state index contributed by atoms with van der Waals surface area (Å²) < 4.78 is 5.28. The number of ether oxygens (including phenoxy) is 1. The van der Waals surface area contributed by atoms with Crippen LogP contribution in [0, 0.1) is 0 Å². The van der Waals surface area contributed by atoms with Crippen LogP contribution in [0.2, 0.25) is 0 Å². The van der Waals surface area contributed by atoms with Gasteiger partial charge in [0.1, 0.15) is 12.6 Å². The number of rotatable bonds is 4. The van der Waals surface area contributed by atoms with E-state index in [-0.39, 0.29) is 19.1 Å². The van der Waals surface area contributed by atoms with Crippen molar-refractivity contribution in [1.82, 2.24) is 4.90 Å². The second-order valence-corrected chi connectivity index (χ2v) is 5.68. The van der Waals surface area contributed by atoms with Crippen LogP contribution < -0.4 is 5.32 Å². The number of fused-ring (bicyclic) bond motifs is 1. The minimum atomic E-state index is -0.607. The fourth-order valence-electron chi connectivity index (χ4n) is 2.81. The van der Waals surface area contributed by atoms with Gasteiger partial charge in [0.2, 0.25) is 0 Å². The molecule has 24 heavy (non-hydrogen) atoms. The highest BCUT2D eigenvalue weighted by atomic mass is 16.6. The number of nitrogens with one attached hydrogen (secondary N) is 1. The number of anilines is 1. The summed E-state index contributed by atoms with van der Waals surface area (Å²) in [5, 5.41) is 3.18. The number of hydrogen-bond acceptors (Lipinski definition) is 4. The molecule has 0 bridgehead atoms. The predicted octanol–water partition coefficient (Wildman–Crippen LogP) is 3.21. The fourth-order valence-corrected chi connectivity index (χ4v) is 2.81. The van der Waals surface area contributed by atoms with Crippen molar-refractivity contribution < 1.29 is 14.3 Å². The maximum Gasteiger partial charge on any atom is 0.416 e. The molecule has 3 rings (SSSR count). The molecule has 2 aromatic carbocycles. The first-order valence-electron chi connectivity index (χ1n) is 8.05. The van der Waals surface area contributed by atoms with Crippen LogP contribution in [0.3, 0.4) is 0 Å². The van der Waals surface area contributed by atoms with Crippen LogP contribution in [0.15, 0.2) is 54.6 Å². The van der Waals surface area contributed by atoms with Gasteiger partial charge in [-0.05, 0) is 24.1 Å². The van der Waals surface area contributed by atoms with E-state index in [1.165, 1.54) is 0 Å². The molecule has 1 N–H and O–H groups in total. The van der Waals surface area contributed by atoms with Gasteiger partial charge < -0.3 is 10.1 Å². The second kappa shape index (κ2) is 7.17. The Hall–Kier alpha value is -2.82. The van der Waals surface area contributed by atoms with E-state index in [4.69, 9.17) is 4.74 Å². The number of hydrogen-bond donors (Lipinski definition) is 1. The predicted molar refractivity (Wildman–Crippen MR) is 91.6 cm³/mol. The Kier molecular flexibility index (Phi) is 4.79. The van der Waals surface area contributed by atoms with Gasteiger partial charge >= 0.3 is 6.09 Å². The van der Waals surface area contributed by atoms with Crippen LogP contribution in [0.25, 0.3) is 0 Å². The molecular weight excluding hydrogens is 304 g/mol. The zero-order valence-corrected chi connectivity index (χ0v) is 13.6. The molecule has 0 spiro atoms. The summed E-state index contributed by atoms with van der Waals surface area (Å²) in [6, 6.07) is 16.8. The summed E-state index contributed by atoms with van der Waals surface area (Å²) >= 11 is 0. The van der Waals surface area contributed by atoms with Gasteiger partial charge in [0.25, 0.3) is 5.91 Å². The van der Waals surface area contributed by atoms with Crippen LogP contribution in [0.4, 0.5) is 10.5 Å². The fraction of sp³-hybridized carbons (Fsp3) is 0.263. The Morgan fingerprint density at radius 2 is 1.83 bits per heavy atom. The molecule has 2 amide bonds. The Labute approximate surface area is 141 Å². The first-order valence-corrected chi connectivity index (χ1v) is 8.05. The van der Waals surface area contributed by atoms with Gasteiger partial charge in [0.05, 0.1) is 0 Å². The molecule has 5 nitrogen and oxygen atoms in total. The normalized spacial score (nSPS) is 15.3. The standard InChI is InChI=1S/C19H20N2O3/c1-2-21(19(23)24-13-14-8-4-3-5-9-14)18(22)17-12-15-10-6-7-11-16(15)20-17/h3-11,17,20H,2,12-13H2,1H3/t17-/m0/s1. The second-order valence-electron chi connectivity index (χ2n) is 5.68. The average molecular weight is 324 g/mol. The van der Waals surface area contributed by atoms with E-state index in [0.717, 1.165) is 21.7 Å². The number of benzene rings is 2. The van der Waals surface area contributed by atoms with E-state index < -0.39 is 12.1 Å². The summed E-state index contributed by atoms with van der Waals surface area (Å²) in [5.74, 6) is -0.258. The van der Waals surface area contributed by atoms with E-state index in [1.807, 2.05) is 54.6 Å². The zero-order chi connectivity index (χ0) is 16.9. The van der Waals surface area contributed by atoms with Crippen molar-refractivity contribution in [2.45, 2.75) is 26.0 Å². The number of carbonyl (C=O) groups excluding carboxylic acids is 2. The van der Waals surface area contributed by atoms with Crippen LogP contribution in [0.5, 0.6) is 0 Å². The molecule has 0 saturated heterocycles. The molecule has 0 radical (unpaired) electrons. The van der Waals surface area contributed by atoms with E-state index in [1.54, 1.807) is 6.92 Å². The maximum atomic E-state index is 12.7. The van der Waals surface area contributed by atoms with Crippen molar-refractivity contribution in [2.24, 2.45) is 0 Å². The number of likely N-dealkylation sites (N-methyl/N-ethyl adjacent to an activating group) is 1. The van der Waals surface area contributed by atoms with Crippen molar-refractivity contribution in [1.29, 1.82) is 0 Å². The lowest BCUT2D eigenvalue weighted by Crippen LogP contribution is -2.45. The number of amides is 2. The van der Waals surface area contributed by atoms with Gasteiger partial charge in [-0.3, -0.25) is 4.79 Å². The highest BCUT2D eigenvalue weighted by Crippen LogP contribution is 2.26. The van der Waals surface area contributed by atoms with Crippen molar-refractivity contribution in [3.8, 4) is 0 Å². The van der Waals surface area contributed by atoms with E-state index >= 15 is 0 Å². The van der Waals surface area contributed by atoms with Crippen molar-refractivity contribution in [2.75, 3.05) is 11.9 Å². The van der Waals surface area contributed by atoms with E-state index in [2.05, 4.69) is 5.32 Å². The van der Waals surface area contributed by atoms with Gasteiger partial charge in [0, 0.05) is 18.7 Å². The van der Waals surface area contributed by atoms with Crippen LogP contribution in [-0.2, 0) is 22.6 Å². The third kappa shape index (κ3) is 3.40. The van der Waals surface area contributed by atoms with Gasteiger partial charge in [-0.15, -0.1) is 0 Å². The minimum absolute atomic E-state index is 0.155. The summed E-state index contributed by atoms with van der Waals surface area (Å²) in [5.41, 5.74) is 2.93. The number of imide groups is 1. The molecule has 124 valence electrons. The molecule has 1 atom stereocenters. The largest absolute Gasteiger partial charge is 0.444 e. The molecule has 1 aliphatic rings. The van der Waals surface area contributed by atoms with E-state index in [0.29, 0.717) is 6.42 Å². The molecule has 2 aromatic rings. The molecule has 5 heteroatoms. The van der Waals surface area contributed by atoms with E-state index in [9.17, 15) is 9.59 Å². The molecule has 0 aromatic heterocycles. The monoisotopic (exact) mass is 324 g/mol. The van der Waals surface area contributed by atoms with Gasteiger partial charge in [-0.1, -0.05) is 48.5 Å². The molecule has 0 fully saturated rings. The number of carbonyl (C=O) groups is 2. The van der Waals surface area contributed by atoms with Crippen LogP contribution in [0.1, 0.15) is 18.1 Å². The Morgan fingerprint density at radius 1 is 1.12 bits per heavy atom. The third-order valence-corrected chi connectivity index (χ3v) is 4.08. The highest BCUT2D eigenvalue weighted by molar-refractivity contribution is 5.97.